The Balaban J connectivity index is 1.71. The first-order chi connectivity index (χ1) is 12.6. The minimum atomic E-state index is -0.557. The minimum absolute atomic E-state index is 0.0395. The first kappa shape index (κ1) is 16.4. The highest BCUT2D eigenvalue weighted by molar-refractivity contribution is 6.32. The minimum Gasteiger partial charge on any atom is -0.452 e. The second-order valence-corrected chi connectivity index (χ2v) is 6.14. The Bertz CT molecular complexity index is 1130. The van der Waals surface area contributed by atoms with Gasteiger partial charge < -0.3 is 9.72 Å². The quantitative estimate of drug-likeness (QED) is 0.559. The highest BCUT2D eigenvalue weighted by Gasteiger charge is 2.17. The van der Waals surface area contributed by atoms with Gasteiger partial charge in [0.15, 0.2) is 11.6 Å². The Morgan fingerprint density at radius 3 is 2.81 bits per heavy atom. The van der Waals surface area contributed by atoms with Gasteiger partial charge in [-0.3, -0.25) is 4.79 Å². The van der Waals surface area contributed by atoms with Gasteiger partial charge in [0.1, 0.15) is 5.75 Å². The molecule has 0 amide bonds. The third-order valence-electron chi connectivity index (χ3n) is 4.00. The molecule has 0 aliphatic carbocycles. The van der Waals surface area contributed by atoms with Crippen molar-refractivity contribution in [1.82, 2.24) is 15.2 Å². The van der Waals surface area contributed by atoms with E-state index < -0.39 is 5.82 Å². The van der Waals surface area contributed by atoms with Gasteiger partial charge in [-0.25, -0.2) is 9.49 Å². The molecule has 0 fully saturated rings. The molecule has 0 saturated heterocycles. The summed E-state index contributed by atoms with van der Waals surface area (Å²) in [5.74, 6) is -0.0933. The zero-order valence-corrected chi connectivity index (χ0v) is 14.2. The highest BCUT2D eigenvalue weighted by atomic mass is 35.5. The summed E-state index contributed by atoms with van der Waals surface area (Å²) in [7, 11) is 0. The van der Waals surface area contributed by atoms with Crippen molar-refractivity contribution in [3.8, 4) is 11.5 Å². The van der Waals surface area contributed by atoms with Gasteiger partial charge in [0.25, 0.3) is 5.56 Å². The van der Waals surface area contributed by atoms with Crippen molar-refractivity contribution in [2.75, 3.05) is 0 Å². The smallest absolute Gasteiger partial charge is 0.264 e. The summed E-state index contributed by atoms with van der Waals surface area (Å²) in [4.78, 5) is 14.2. The normalized spacial score (nSPS) is 11.0. The molecule has 0 saturated carbocycles. The van der Waals surface area contributed by atoms with E-state index in [1.54, 1.807) is 30.5 Å². The van der Waals surface area contributed by atoms with Gasteiger partial charge in [0.05, 0.1) is 10.7 Å². The average molecular weight is 370 g/mol. The third-order valence-corrected chi connectivity index (χ3v) is 4.30. The van der Waals surface area contributed by atoms with Crippen LogP contribution in [0, 0.1) is 5.82 Å². The van der Waals surface area contributed by atoms with Gasteiger partial charge in [0, 0.05) is 29.6 Å². The molecule has 130 valence electrons. The second kappa shape index (κ2) is 6.65. The van der Waals surface area contributed by atoms with E-state index in [0.717, 1.165) is 10.9 Å². The van der Waals surface area contributed by atoms with Crippen LogP contribution in [0.3, 0.4) is 0 Å². The van der Waals surface area contributed by atoms with Crippen LogP contribution in [-0.4, -0.2) is 15.2 Å². The fourth-order valence-corrected chi connectivity index (χ4v) is 2.91. The number of aromatic nitrogens is 3. The van der Waals surface area contributed by atoms with Crippen molar-refractivity contribution >= 4 is 22.5 Å². The number of benzene rings is 2. The maximum absolute atomic E-state index is 15.0. The first-order valence-corrected chi connectivity index (χ1v) is 8.25. The Morgan fingerprint density at radius 2 is 2.00 bits per heavy atom. The monoisotopic (exact) mass is 369 g/mol. The molecule has 2 heterocycles. The molecule has 26 heavy (non-hydrogen) atoms. The molecule has 0 unspecified atom stereocenters. The molecule has 4 aromatic rings. The predicted molar refractivity (Wildman–Crippen MR) is 97.4 cm³/mol. The number of hydrogen-bond donors (Lipinski definition) is 2. The lowest BCUT2D eigenvalue weighted by Gasteiger charge is -2.12. The SMILES string of the molecule is O=c1ccc(Cc2ccc(Cl)c(Oc3cccc4[nH]ccc34)c2F)n[nH]1. The van der Waals surface area contributed by atoms with Crippen LogP contribution < -0.4 is 10.3 Å². The van der Waals surface area contributed by atoms with E-state index in [-0.39, 0.29) is 22.8 Å². The molecule has 0 aliphatic heterocycles. The number of nitrogens with zero attached hydrogens (tertiary/aromatic N) is 1. The van der Waals surface area contributed by atoms with Crippen LogP contribution in [0.1, 0.15) is 11.3 Å². The largest absolute Gasteiger partial charge is 0.452 e. The van der Waals surface area contributed by atoms with Gasteiger partial charge in [-0.2, -0.15) is 5.10 Å². The van der Waals surface area contributed by atoms with Crippen LogP contribution in [0.15, 0.2) is 59.5 Å². The fourth-order valence-electron chi connectivity index (χ4n) is 2.73. The van der Waals surface area contributed by atoms with E-state index in [0.29, 0.717) is 17.0 Å². The van der Waals surface area contributed by atoms with Gasteiger partial charge in [-0.1, -0.05) is 23.7 Å². The van der Waals surface area contributed by atoms with Gasteiger partial charge in [0.2, 0.25) is 0 Å². The van der Waals surface area contributed by atoms with E-state index in [9.17, 15) is 9.18 Å². The van der Waals surface area contributed by atoms with E-state index >= 15 is 0 Å². The Kier molecular flexibility index (Phi) is 4.18. The molecule has 0 spiro atoms. The molecule has 0 bridgehead atoms. The number of halogens is 2. The predicted octanol–water partition coefficient (Wildman–Crippen LogP) is 4.43. The Labute approximate surface area is 152 Å². The van der Waals surface area contributed by atoms with Crippen molar-refractivity contribution < 1.29 is 9.13 Å². The summed E-state index contributed by atoms with van der Waals surface area (Å²) in [5, 5.41) is 7.24. The standard InChI is InChI=1S/C19H13ClFN3O2/c20-14-6-4-11(10-12-5-7-17(25)24-23-12)18(21)19(14)26-16-3-1-2-15-13(16)8-9-22-15/h1-9,22H,10H2,(H,24,25). The number of H-pyrrole nitrogens is 2. The second-order valence-electron chi connectivity index (χ2n) is 5.74. The zero-order valence-electron chi connectivity index (χ0n) is 13.4. The van der Waals surface area contributed by atoms with Crippen molar-refractivity contribution in [2.24, 2.45) is 0 Å². The summed E-state index contributed by atoms with van der Waals surface area (Å²) in [6.07, 6.45) is 1.98. The van der Waals surface area contributed by atoms with Crippen molar-refractivity contribution in [3.63, 3.8) is 0 Å². The van der Waals surface area contributed by atoms with Crippen LogP contribution in [0.5, 0.6) is 11.5 Å². The maximum Gasteiger partial charge on any atom is 0.264 e. The van der Waals surface area contributed by atoms with E-state index in [1.165, 1.54) is 6.07 Å². The average Bonchev–Trinajstić information content (AvgIpc) is 3.12. The molecule has 5 nitrogen and oxygen atoms in total. The number of rotatable bonds is 4. The summed E-state index contributed by atoms with van der Waals surface area (Å²) < 4.78 is 20.8. The molecule has 2 N–H and O–H groups in total. The van der Waals surface area contributed by atoms with Crippen LogP contribution in [0.2, 0.25) is 5.02 Å². The lowest BCUT2D eigenvalue weighted by atomic mass is 10.1. The Hall–Kier alpha value is -3.12. The van der Waals surface area contributed by atoms with Crippen LogP contribution in [0.25, 0.3) is 10.9 Å². The summed E-state index contributed by atoms with van der Waals surface area (Å²) in [5.41, 5.74) is 1.47. The van der Waals surface area contributed by atoms with Gasteiger partial charge in [-0.15, -0.1) is 0 Å². The summed E-state index contributed by atoms with van der Waals surface area (Å²) >= 11 is 6.16. The number of aromatic amines is 2. The molecular formula is C19H13ClFN3O2. The molecule has 0 aliphatic rings. The van der Waals surface area contributed by atoms with Crippen molar-refractivity contribution in [2.45, 2.75) is 6.42 Å². The van der Waals surface area contributed by atoms with Crippen LogP contribution in [-0.2, 0) is 6.42 Å². The van der Waals surface area contributed by atoms with Crippen molar-refractivity contribution in [1.29, 1.82) is 0 Å². The van der Waals surface area contributed by atoms with Gasteiger partial charge >= 0.3 is 0 Å². The lowest BCUT2D eigenvalue weighted by molar-refractivity contribution is 0.443. The molecule has 2 aromatic heterocycles. The number of fused-ring (bicyclic) bond motifs is 1. The van der Waals surface area contributed by atoms with Crippen LogP contribution in [0.4, 0.5) is 4.39 Å². The number of ether oxygens (including phenoxy) is 1. The fraction of sp³-hybridized carbons (Fsp3) is 0.0526. The first-order valence-electron chi connectivity index (χ1n) is 7.87. The highest BCUT2D eigenvalue weighted by Crippen LogP contribution is 2.37. The van der Waals surface area contributed by atoms with E-state index in [1.807, 2.05) is 18.2 Å². The topological polar surface area (TPSA) is 70.8 Å². The van der Waals surface area contributed by atoms with Gasteiger partial charge in [-0.05, 0) is 35.9 Å². The lowest BCUT2D eigenvalue weighted by Crippen LogP contribution is -2.08. The van der Waals surface area contributed by atoms with Crippen molar-refractivity contribution in [3.05, 3.63) is 87.2 Å². The zero-order chi connectivity index (χ0) is 18.1. The van der Waals surface area contributed by atoms with Crippen LogP contribution >= 0.6 is 11.6 Å². The molecule has 0 atom stereocenters. The third kappa shape index (κ3) is 3.07. The maximum atomic E-state index is 15.0. The molecule has 2 aromatic carbocycles. The summed E-state index contributed by atoms with van der Waals surface area (Å²) in [6, 6.07) is 13.4. The molecule has 7 heteroatoms. The number of hydrogen-bond acceptors (Lipinski definition) is 3. The van der Waals surface area contributed by atoms with E-state index in [4.69, 9.17) is 16.3 Å². The Morgan fingerprint density at radius 1 is 1.12 bits per heavy atom. The van der Waals surface area contributed by atoms with E-state index in [2.05, 4.69) is 15.2 Å². The number of nitrogens with one attached hydrogen (secondary N) is 2. The molecular weight excluding hydrogens is 357 g/mol. The molecule has 0 radical (unpaired) electrons. The molecule has 4 rings (SSSR count). The summed E-state index contributed by atoms with van der Waals surface area (Å²) in [6.45, 7) is 0.